The van der Waals surface area contributed by atoms with Crippen LogP contribution in [0.5, 0.6) is 0 Å². The van der Waals surface area contributed by atoms with E-state index in [2.05, 4.69) is 5.32 Å². The SMILES string of the molecule is Cc1ccc(S(=O)(=O)N2CCN(CC(=O)NC(C)(C)CN)CC2)cc1. The van der Waals surface area contributed by atoms with Crippen LogP contribution in [0.15, 0.2) is 29.2 Å². The lowest BCUT2D eigenvalue weighted by molar-refractivity contribution is -0.124. The average molecular weight is 369 g/mol. The topological polar surface area (TPSA) is 95.7 Å². The molecule has 8 heteroatoms. The number of hydrogen-bond acceptors (Lipinski definition) is 5. The Morgan fingerprint density at radius 2 is 1.72 bits per heavy atom. The standard InChI is InChI=1S/C17H28N4O3S/c1-14-4-6-15(7-5-14)25(23,24)21-10-8-20(9-11-21)12-16(22)19-17(2,3)13-18/h4-7H,8-13,18H2,1-3H3,(H,19,22). The lowest BCUT2D eigenvalue weighted by atomic mass is 10.1. The van der Waals surface area contributed by atoms with Crippen molar-refractivity contribution in [1.29, 1.82) is 0 Å². The third kappa shape index (κ3) is 5.24. The monoisotopic (exact) mass is 368 g/mol. The number of amides is 1. The molecule has 1 amide bonds. The van der Waals surface area contributed by atoms with E-state index in [1.54, 1.807) is 24.3 Å². The first-order valence-corrected chi connectivity index (χ1v) is 9.88. The molecule has 1 aromatic rings. The van der Waals surface area contributed by atoms with Crippen molar-refractivity contribution in [3.63, 3.8) is 0 Å². The van der Waals surface area contributed by atoms with E-state index in [1.165, 1.54) is 4.31 Å². The Labute approximate surface area is 150 Å². The molecule has 1 aliphatic rings. The third-order valence-corrected chi connectivity index (χ3v) is 6.26. The summed E-state index contributed by atoms with van der Waals surface area (Å²) >= 11 is 0. The van der Waals surface area contributed by atoms with Gasteiger partial charge in [-0.3, -0.25) is 9.69 Å². The molecule has 0 unspecified atom stereocenters. The van der Waals surface area contributed by atoms with Gasteiger partial charge in [-0.1, -0.05) is 17.7 Å². The summed E-state index contributed by atoms with van der Waals surface area (Å²) in [5.41, 5.74) is 6.20. The molecule has 0 aromatic heterocycles. The summed E-state index contributed by atoms with van der Waals surface area (Å²) in [6.45, 7) is 8.10. The van der Waals surface area contributed by atoms with Crippen LogP contribution in [0.4, 0.5) is 0 Å². The van der Waals surface area contributed by atoms with Crippen molar-refractivity contribution in [2.24, 2.45) is 5.73 Å². The zero-order valence-corrected chi connectivity index (χ0v) is 16.0. The molecule has 2 rings (SSSR count). The van der Waals surface area contributed by atoms with Crippen molar-refractivity contribution in [1.82, 2.24) is 14.5 Å². The number of hydrogen-bond donors (Lipinski definition) is 2. The molecule has 25 heavy (non-hydrogen) atoms. The van der Waals surface area contributed by atoms with Gasteiger partial charge in [-0.25, -0.2) is 8.42 Å². The van der Waals surface area contributed by atoms with Gasteiger partial charge in [0.2, 0.25) is 15.9 Å². The fraction of sp³-hybridized carbons (Fsp3) is 0.588. The highest BCUT2D eigenvalue weighted by atomic mass is 32.2. The molecule has 1 saturated heterocycles. The lowest BCUT2D eigenvalue weighted by Gasteiger charge is -2.34. The van der Waals surface area contributed by atoms with E-state index in [-0.39, 0.29) is 12.5 Å². The van der Waals surface area contributed by atoms with Gasteiger partial charge in [0.1, 0.15) is 0 Å². The number of carbonyl (C=O) groups excluding carboxylic acids is 1. The van der Waals surface area contributed by atoms with E-state index >= 15 is 0 Å². The normalized spacial score (nSPS) is 17.4. The van der Waals surface area contributed by atoms with Gasteiger partial charge < -0.3 is 11.1 Å². The maximum Gasteiger partial charge on any atom is 0.243 e. The van der Waals surface area contributed by atoms with Gasteiger partial charge in [0.15, 0.2) is 0 Å². The molecule has 0 aliphatic carbocycles. The van der Waals surface area contributed by atoms with Crippen molar-refractivity contribution in [3.8, 4) is 0 Å². The number of nitrogens with zero attached hydrogens (tertiary/aromatic N) is 2. The summed E-state index contributed by atoms with van der Waals surface area (Å²) in [6, 6.07) is 6.87. The van der Waals surface area contributed by atoms with Crippen LogP contribution in [0.3, 0.4) is 0 Å². The summed E-state index contributed by atoms with van der Waals surface area (Å²) in [5.74, 6) is -0.0923. The van der Waals surface area contributed by atoms with Crippen molar-refractivity contribution in [3.05, 3.63) is 29.8 Å². The first-order valence-electron chi connectivity index (χ1n) is 8.44. The predicted octanol–water partition coefficient (Wildman–Crippen LogP) is 0.155. The van der Waals surface area contributed by atoms with Crippen molar-refractivity contribution in [2.75, 3.05) is 39.3 Å². The minimum absolute atomic E-state index is 0.0923. The number of benzene rings is 1. The van der Waals surface area contributed by atoms with E-state index in [0.29, 0.717) is 37.6 Å². The molecule has 1 heterocycles. The summed E-state index contributed by atoms with van der Waals surface area (Å²) in [6.07, 6.45) is 0. The van der Waals surface area contributed by atoms with Crippen LogP contribution >= 0.6 is 0 Å². The van der Waals surface area contributed by atoms with Crippen LogP contribution in [0.2, 0.25) is 0 Å². The first kappa shape index (κ1) is 19.8. The summed E-state index contributed by atoms with van der Waals surface area (Å²) in [7, 11) is -3.47. The predicted molar refractivity (Wildman–Crippen MR) is 97.7 cm³/mol. The van der Waals surface area contributed by atoms with Crippen LogP contribution in [-0.2, 0) is 14.8 Å². The minimum atomic E-state index is -3.47. The average Bonchev–Trinajstić information content (AvgIpc) is 2.55. The second kappa shape index (κ2) is 7.82. The number of nitrogens with one attached hydrogen (secondary N) is 1. The Kier molecular flexibility index (Phi) is 6.21. The van der Waals surface area contributed by atoms with Gasteiger partial charge >= 0.3 is 0 Å². The molecule has 0 bridgehead atoms. The fourth-order valence-corrected chi connectivity index (χ4v) is 4.08. The Bertz CT molecular complexity index is 693. The summed E-state index contributed by atoms with van der Waals surface area (Å²) in [5, 5.41) is 2.89. The maximum atomic E-state index is 12.7. The zero-order chi connectivity index (χ0) is 18.7. The van der Waals surface area contributed by atoms with E-state index in [0.717, 1.165) is 5.56 Å². The minimum Gasteiger partial charge on any atom is -0.349 e. The summed E-state index contributed by atoms with van der Waals surface area (Å²) in [4.78, 5) is 14.4. The smallest absolute Gasteiger partial charge is 0.243 e. The number of aryl methyl sites for hydroxylation is 1. The highest BCUT2D eigenvalue weighted by Crippen LogP contribution is 2.18. The summed E-state index contributed by atoms with van der Waals surface area (Å²) < 4.78 is 26.8. The van der Waals surface area contributed by atoms with E-state index in [1.807, 2.05) is 25.7 Å². The Balaban J connectivity index is 1.91. The molecular weight excluding hydrogens is 340 g/mol. The van der Waals surface area contributed by atoms with Crippen LogP contribution in [0.1, 0.15) is 19.4 Å². The zero-order valence-electron chi connectivity index (χ0n) is 15.2. The van der Waals surface area contributed by atoms with E-state index in [4.69, 9.17) is 5.73 Å². The Hall–Kier alpha value is -1.48. The van der Waals surface area contributed by atoms with E-state index in [9.17, 15) is 13.2 Å². The van der Waals surface area contributed by atoms with Crippen molar-refractivity contribution in [2.45, 2.75) is 31.2 Å². The van der Waals surface area contributed by atoms with Gasteiger partial charge in [-0.05, 0) is 32.9 Å². The Morgan fingerprint density at radius 1 is 1.16 bits per heavy atom. The fourth-order valence-electron chi connectivity index (χ4n) is 2.66. The molecule has 0 radical (unpaired) electrons. The van der Waals surface area contributed by atoms with Crippen molar-refractivity contribution >= 4 is 15.9 Å². The second-order valence-corrected chi connectivity index (χ2v) is 9.07. The van der Waals surface area contributed by atoms with Gasteiger partial charge in [0.05, 0.1) is 11.4 Å². The number of carbonyl (C=O) groups is 1. The highest BCUT2D eigenvalue weighted by Gasteiger charge is 2.29. The lowest BCUT2D eigenvalue weighted by Crippen LogP contribution is -2.54. The molecule has 1 aliphatic heterocycles. The third-order valence-electron chi connectivity index (χ3n) is 4.35. The van der Waals surface area contributed by atoms with Crippen molar-refractivity contribution < 1.29 is 13.2 Å². The molecule has 1 aromatic carbocycles. The van der Waals surface area contributed by atoms with Gasteiger partial charge in [0, 0.05) is 38.3 Å². The number of sulfonamides is 1. The molecule has 3 N–H and O–H groups in total. The second-order valence-electron chi connectivity index (χ2n) is 7.13. The number of rotatable bonds is 6. The largest absolute Gasteiger partial charge is 0.349 e. The molecule has 1 fully saturated rings. The molecule has 0 atom stereocenters. The highest BCUT2D eigenvalue weighted by molar-refractivity contribution is 7.89. The van der Waals surface area contributed by atoms with E-state index < -0.39 is 15.6 Å². The Morgan fingerprint density at radius 3 is 2.24 bits per heavy atom. The van der Waals surface area contributed by atoms with Gasteiger partial charge in [-0.15, -0.1) is 0 Å². The van der Waals surface area contributed by atoms with Gasteiger partial charge in [-0.2, -0.15) is 4.31 Å². The molecule has 0 spiro atoms. The van der Waals surface area contributed by atoms with Crippen LogP contribution < -0.4 is 11.1 Å². The first-order chi connectivity index (χ1) is 11.6. The quantitative estimate of drug-likeness (QED) is 0.745. The van der Waals surface area contributed by atoms with Crippen LogP contribution in [-0.4, -0.2) is 68.3 Å². The maximum absolute atomic E-state index is 12.7. The molecule has 140 valence electrons. The van der Waals surface area contributed by atoms with Crippen LogP contribution in [0, 0.1) is 6.92 Å². The number of nitrogens with two attached hydrogens (primary N) is 1. The molecule has 7 nitrogen and oxygen atoms in total. The molecular formula is C17H28N4O3S. The molecule has 0 saturated carbocycles. The number of piperazine rings is 1. The van der Waals surface area contributed by atoms with Gasteiger partial charge in [0.25, 0.3) is 0 Å². The van der Waals surface area contributed by atoms with Crippen LogP contribution in [0.25, 0.3) is 0 Å².